The van der Waals surface area contributed by atoms with Gasteiger partial charge in [0.2, 0.25) is 0 Å². The van der Waals surface area contributed by atoms with Crippen molar-refractivity contribution in [2.45, 2.75) is 13.5 Å². The molecule has 0 amide bonds. The smallest absolute Gasteiger partial charge is 0.136 e. The Morgan fingerprint density at radius 1 is 1.11 bits per heavy atom. The quantitative estimate of drug-likeness (QED) is 0.745. The van der Waals surface area contributed by atoms with E-state index in [9.17, 15) is 5.11 Å². The summed E-state index contributed by atoms with van der Waals surface area (Å²) in [6.45, 7) is 2.03. The molecule has 0 aliphatic rings. The molecule has 0 aliphatic heterocycles. The molecule has 0 saturated heterocycles. The van der Waals surface area contributed by atoms with Crippen molar-refractivity contribution in [2.75, 3.05) is 0 Å². The van der Waals surface area contributed by atoms with Gasteiger partial charge < -0.3 is 9.51 Å². The molecular weight excluding hydrogens is 224 g/mol. The minimum absolute atomic E-state index is 0.0527. The van der Waals surface area contributed by atoms with Gasteiger partial charge in [0.25, 0.3) is 0 Å². The fraction of sp³-hybridized carbons (Fsp3) is 0.133. The van der Waals surface area contributed by atoms with E-state index in [4.69, 9.17) is 0 Å². The number of rotatable bonds is 2. The summed E-state index contributed by atoms with van der Waals surface area (Å²) in [6, 6.07) is 11.9. The largest absolute Gasteiger partial charge is 0.392 e. The molecule has 0 aliphatic carbocycles. The highest BCUT2D eigenvalue weighted by Gasteiger charge is 2.05. The van der Waals surface area contributed by atoms with Crippen LogP contribution >= 0.6 is 0 Å². The number of hydrogen-bond donors (Lipinski definition) is 1. The molecule has 3 heteroatoms. The zero-order valence-corrected chi connectivity index (χ0v) is 10.2. The lowest BCUT2D eigenvalue weighted by molar-refractivity contribution is 0.282. The van der Waals surface area contributed by atoms with Gasteiger partial charge in [-0.3, -0.25) is 0 Å². The maximum Gasteiger partial charge on any atom is 0.136 e. The second-order valence-electron chi connectivity index (χ2n) is 4.38. The van der Waals surface area contributed by atoms with Crippen LogP contribution < -0.4 is 0 Å². The van der Waals surface area contributed by atoms with Crippen molar-refractivity contribution in [3.05, 3.63) is 60.0 Å². The number of aromatic nitrogens is 2. The van der Waals surface area contributed by atoms with E-state index in [-0.39, 0.29) is 6.61 Å². The van der Waals surface area contributed by atoms with Crippen LogP contribution in [0.1, 0.15) is 11.3 Å². The number of aliphatic hydroxyl groups excluding tert-OH is 1. The summed E-state index contributed by atoms with van der Waals surface area (Å²) in [4.78, 5) is 4.40. The standard InChI is InChI=1S/C15H14N2O/c1-11-8-17-9-12(6-7-15(17)16-11)14-5-3-2-4-13(14)10-18/h2-9,18H,10H2,1H3. The Hall–Kier alpha value is -2.13. The Morgan fingerprint density at radius 3 is 2.78 bits per heavy atom. The van der Waals surface area contributed by atoms with Crippen LogP contribution in [0.15, 0.2) is 48.8 Å². The molecule has 3 rings (SSSR count). The highest BCUT2D eigenvalue weighted by Crippen LogP contribution is 2.24. The van der Waals surface area contributed by atoms with Gasteiger partial charge in [0.05, 0.1) is 12.3 Å². The van der Waals surface area contributed by atoms with Crippen LogP contribution in [0, 0.1) is 6.92 Å². The first-order valence-corrected chi connectivity index (χ1v) is 5.92. The molecule has 1 aromatic carbocycles. The molecule has 0 fully saturated rings. The second-order valence-corrected chi connectivity index (χ2v) is 4.38. The molecule has 0 bridgehead atoms. The number of aliphatic hydroxyl groups is 1. The average molecular weight is 238 g/mol. The first-order chi connectivity index (χ1) is 8.78. The Balaban J connectivity index is 2.18. The molecule has 2 heterocycles. The van der Waals surface area contributed by atoms with Gasteiger partial charge in [-0.05, 0) is 35.7 Å². The Kier molecular flexibility index (Phi) is 2.61. The first-order valence-electron chi connectivity index (χ1n) is 5.92. The first kappa shape index (κ1) is 11.0. The fourth-order valence-corrected chi connectivity index (χ4v) is 2.22. The molecule has 90 valence electrons. The average Bonchev–Trinajstić information content (AvgIpc) is 2.77. The lowest BCUT2D eigenvalue weighted by atomic mass is 10.0. The summed E-state index contributed by atoms with van der Waals surface area (Å²) < 4.78 is 2.01. The normalized spacial score (nSPS) is 11.0. The third-order valence-corrected chi connectivity index (χ3v) is 3.07. The number of pyridine rings is 1. The molecule has 18 heavy (non-hydrogen) atoms. The van der Waals surface area contributed by atoms with Gasteiger partial charge in [0, 0.05) is 12.4 Å². The number of imidazole rings is 1. The van der Waals surface area contributed by atoms with Crippen molar-refractivity contribution in [1.29, 1.82) is 0 Å². The van der Waals surface area contributed by atoms with Crippen LogP contribution in [0.5, 0.6) is 0 Å². The van der Waals surface area contributed by atoms with Crippen LogP contribution in [0.4, 0.5) is 0 Å². The molecule has 0 spiro atoms. The maximum atomic E-state index is 9.38. The van der Waals surface area contributed by atoms with Gasteiger partial charge in [-0.1, -0.05) is 24.3 Å². The molecule has 0 saturated carbocycles. The summed E-state index contributed by atoms with van der Waals surface area (Å²) in [5, 5.41) is 9.38. The van der Waals surface area contributed by atoms with Crippen LogP contribution in [0.25, 0.3) is 16.8 Å². The second kappa shape index (κ2) is 4.27. The van der Waals surface area contributed by atoms with E-state index in [2.05, 4.69) is 4.98 Å². The van der Waals surface area contributed by atoms with Gasteiger partial charge >= 0.3 is 0 Å². The monoisotopic (exact) mass is 238 g/mol. The predicted octanol–water partition coefficient (Wildman–Crippen LogP) is 2.80. The molecule has 0 unspecified atom stereocenters. The highest BCUT2D eigenvalue weighted by molar-refractivity contribution is 5.68. The van der Waals surface area contributed by atoms with Crippen molar-refractivity contribution in [3.63, 3.8) is 0 Å². The Bertz CT molecular complexity index is 701. The van der Waals surface area contributed by atoms with E-state index in [1.807, 2.05) is 60.1 Å². The Labute approximate surface area is 105 Å². The number of aryl methyl sites for hydroxylation is 1. The molecule has 1 N–H and O–H groups in total. The number of nitrogens with zero attached hydrogens (tertiary/aromatic N) is 2. The summed E-state index contributed by atoms with van der Waals surface area (Å²) >= 11 is 0. The van der Waals surface area contributed by atoms with E-state index < -0.39 is 0 Å². The van der Waals surface area contributed by atoms with Crippen LogP contribution in [-0.4, -0.2) is 14.5 Å². The third kappa shape index (κ3) is 1.79. The topological polar surface area (TPSA) is 37.5 Å². The van der Waals surface area contributed by atoms with E-state index >= 15 is 0 Å². The van der Waals surface area contributed by atoms with Crippen LogP contribution in [0.2, 0.25) is 0 Å². The van der Waals surface area contributed by atoms with Gasteiger partial charge in [-0.2, -0.15) is 0 Å². The summed E-state index contributed by atoms with van der Waals surface area (Å²) in [6.07, 6.45) is 4.05. The zero-order valence-electron chi connectivity index (χ0n) is 10.2. The minimum Gasteiger partial charge on any atom is -0.392 e. The van der Waals surface area contributed by atoms with Crippen LogP contribution in [0.3, 0.4) is 0 Å². The zero-order chi connectivity index (χ0) is 12.5. The number of benzene rings is 1. The van der Waals surface area contributed by atoms with E-state index in [1.165, 1.54) is 0 Å². The molecule has 0 radical (unpaired) electrons. The van der Waals surface area contributed by atoms with E-state index in [0.717, 1.165) is 28.0 Å². The fourth-order valence-electron chi connectivity index (χ4n) is 2.22. The third-order valence-electron chi connectivity index (χ3n) is 3.07. The van der Waals surface area contributed by atoms with E-state index in [1.54, 1.807) is 0 Å². The summed E-state index contributed by atoms with van der Waals surface area (Å²) in [5.74, 6) is 0. The number of fused-ring (bicyclic) bond motifs is 1. The maximum absolute atomic E-state index is 9.38. The van der Waals surface area contributed by atoms with Gasteiger partial charge in [0.15, 0.2) is 0 Å². The summed E-state index contributed by atoms with van der Waals surface area (Å²) in [5.41, 5.74) is 5.03. The molecule has 3 aromatic rings. The van der Waals surface area contributed by atoms with Crippen molar-refractivity contribution >= 4 is 5.65 Å². The summed E-state index contributed by atoms with van der Waals surface area (Å²) in [7, 11) is 0. The van der Waals surface area contributed by atoms with Gasteiger partial charge in [-0.15, -0.1) is 0 Å². The van der Waals surface area contributed by atoms with E-state index in [0.29, 0.717) is 0 Å². The molecule has 2 aromatic heterocycles. The van der Waals surface area contributed by atoms with Gasteiger partial charge in [-0.25, -0.2) is 4.98 Å². The van der Waals surface area contributed by atoms with Crippen LogP contribution in [-0.2, 0) is 6.61 Å². The van der Waals surface area contributed by atoms with Crippen molar-refractivity contribution in [2.24, 2.45) is 0 Å². The van der Waals surface area contributed by atoms with Crippen molar-refractivity contribution in [1.82, 2.24) is 9.38 Å². The minimum atomic E-state index is 0.0527. The predicted molar refractivity (Wildman–Crippen MR) is 71.3 cm³/mol. The van der Waals surface area contributed by atoms with Crippen molar-refractivity contribution < 1.29 is 5.11 Å². The Morgan fingerprint density at radius 2 is 1.94 bits per heavy atom. The molecular formula is C15H14N2O. The lowest BCUT2D eigenvalue weighted by Crippen LogP contribution is -1.91. The van der Waals surface area contributed by atoms with Crippen molar-refractivity contribution in [3.8, 4) is 11.1 Å². The molecule has 0 atom stereocenters. The number of hydrogen-bond acceptors (Lipinski definition) is 2. The SMILES string of the molecule is Cc1cn2cc(-c3ccccc3CO)ccc2n1. The lowest BCUT2D eigenvalue weighted by Gasteiger charge is -2.07. The van der Waals surface area contributed by atoms with Gasteiger partial charge in [0.1, 0.15) is 5.65 Å². The molecule has 3 nitrogen and oxygen atoms in total. The highest BCUT2D eigenvalue weighted by atomic mass is 16.3.